The number of carbonyl (C=O) groups excluding carboxylic acids is 1. The molecule has 0 N–H and O–H groups in total. The molecular formula is C17H16N4O3S. The van der Waals surface area contributed by atoms with Crippen molar-refractivity contribution in [2.24, 2.45) is 0 Å². The van der Waals surface area contributed by atoms with Crippen LogP contribution in [0.1, 0.15) is 18.4 Å². The maximum absolute atomic E-state index is 11.9. The summed E-state index contributed by atoms with van der Waals surface area (Å²) in [5.41, 5.74) is 6.94. The summed E-state index contributed by atoms with van der Waals surface area (Å²) >= 11 is 1.41. The molecule has 0 unspecified atom stereocenters. The minimum atomic E-state index is -0.358. The SMILES string of the molecule is CCOC(=O)Cc1nc(-c2cnc(N(C)C)nc2)oc1C1=C=C=CS1. The van der Waals surface area contributed by atoms with Gasteiger partial charge >= 0.3 is 5.97 Å². The van der Waals surface area contributed by atoms with Crippen molar-refractivity contribution in [1.29, 1.82) is 0 Å². The second-order valence-corrected chi connectivity index (χ2v) is 6.16. The number of rotatable bonds is 6. The number of anilines is 1. The number of oxazole rings is 1. The summed E-state index contributed by atoms with van der Waals surface area (Å²) < 4.78 is 10.9. The van der Waals surface area contributed by atoms with Crippen molar-refractivity contribution in [2.75, 3.05) is 25.6 Å². The molecule has 8 heteroatoms. The topological polar surface area (TPSA) is 81.4 Å². The fourth-order valence-corrected chi connectivity index (χ4v) is 2.73. The lowest BCUT2D eigenvalue weighted by Crippen LogP contribution is -2.12. The van der Waals surface area contributed by atoms with E-state index in [0.29, 0.717) is 35.5 Å². The molecular weight excluding hydrogens is 340 g/mol. The van der Waals surface area contributed by atoms with Gasteiger partial charge in [-0.3, -0.25) is 4.79 Å². The smallest absolute Gasteiger partial charge is 0.312 e. The largest absolute Gasteiger partial charge is 0.466 e. The van der Waals surface area contributed by atoms with Crippen molar-refractivity contribution in [3.8, 4) is 11.5 Å². The Morgan fingerprint density at radius 3 is 2.72 bits per heavy atom. The van der Waals surface area contributed by atoms with Gasteiger partial charge in [0, 0.05) is 31.9 Å². The second-order valence-electron chi connectivity index (χ2n) is 5.28. The third-order valence-electron chi connectivity index (χ3n) is 3.23. The van der Waals surface area contributed by atoms with Gasteiger partial charge in [-0.2, -0.15) is 0 Å². The first-order valence-corrected chi connectivity index (χ1v) is 8.48. The number of thioether (sulfide) groups is 1. The first kappa shape index (κ1) is 17.0. The average molecular weight is 356 g/mol. The molecule has 0 bridgehead atoms. The molecule has 0 aromatic carbocycles. The standard InChI is InChI=1S/C17H16N4O3S/c1-4-23-14(22)8-12-15(13-6-5-7-25-13)24-16(20-12)11-9-18-17(19-10-11)21(2)3/h7,9-10H,4,8H2,1-3H3. The lowest BCUT2D eigenvalue weighted by atomic mass is 10.2. The third kappa shape index (κ3) is 3.83. The fraction of sp³-hybridized carbons (Fsp3) is 0.294. The Hall–Kier alpha value is -2.79. The molecule has 3 rings (SSSR count). The van der Waals surface area contributed by atoms with E-state index in [1.165, 1.54) is 11.8 Å². The average Bonchev–Trinajstić information content (AvgIpc) is 3.24. The molecule has 0 aliphatic carbocycles. The Morgan fingerprint density at radius 1 is 1.36 bits per heavy atom. The van der Waals surface area contributed by atoms with Gasteiger partial charge in [0.2, 0.25) is 11.8 Å². The van der Waals surface area contributed by atoms with E-state index in [9.17, 15) is 4.79 Å². The van der Waals surface area contributed by atoms with Crippen molar-refractivity contribution >= 4 is 28.6 Å². The molecule has 0 fully saturated rings. The zero-order valence-electron chi connectivity index (χ0n) is 14.1. The molecule has 0 spiro atoms. The number of esters is 1. The van der Waals surface area contributed by atoms with Crippen LogP contribution < -0.4 is 4.90 Å². The molecule has 1 aliphatic heterocycles. The number of carbonyl (C=O) groups is 1. The Balaban J connectivity index is 1.96. The van der Waals surface area contributed by atoms with Crippen LogP contribution >= 0.6 is 11.8 Å². The first-order chi connectivity index (χ1) is 12.1. The van der Waals surface area contributed by atoms with Gasteiger partial charge in [0.15, 0.2) is 5.76 Å². The number of nitrogens with zero attached hydrogens (tertiary/aromatic N) is 4. The van der Waals surface area contributed by atoms with Crippen molar-refractivity contribution in [2.45, 2.75) is 13.3 Å². The van der Waals surface area contributed by atoms with Gasteiger partial charge in [0.05, 0.1) is 18.6 Å². The summed E-state index contributed by atoms with van der Waals surface area (Å²) in [7, 11) is 3.72. The summed E-state index contributed by atoms with van der Waals surface area (Å²) in [6, 6.07) is 0. The summed E-state index contributed by atoms with van der Waals surface area (Å²) in [6.45, 7) is 2.08. The Labute approximate surface area is 149 Å². The van der Waals surface area contributed by atoms with Crippen LogP contribution in [0.25, 0.3) is 16.4 Å². The van der Waals surface area contributed by atoms with E-state index >= 15 is 0 Å². The van der Waals surface area contributed by atoms with E-state index in [-0.39, 0.29) is 12.4 Å². The van der Waals surface area contributed by atoms with Gasteiger partial charge in [-0.05, 0) is 6.92 Å². The molecule has 25 heavy (non-hydrogen) atoms. The molecule has 0 saturated heterocycles. The van der Waals surface area contributed by atoms with Gasteiger partial charge < -0.3 is 14.1 Å². The molecule has 7 nitrogen and oxygen atoms in total. The van der Waals surface area contributed by atoms with Gasteiger partial charge in [-0.25, -0.2) is 15.0 Å². The molecule has 2 aromatic rings. The third-order valence-corrected chi connectivity index (χ3v) is 3.99. The summed E-state index contributed by atoms with van der Waals surface area (Å²) in [5.74, 6) is 1.07. The van der Waals surface area contributed by atoms with Gasteiger partial charge in [-0.1, -0.05) is 23.2 Å². The van der Waals surface area contributed by atoms with Crippen molar-refractivity contribution in [3.05, 3.63) is 40.7 Å². The zero-order valence-corrected chi connectivity index (χ0v) is 14.9. The van der Waals surface area contributed by atoms with Crippen molar-refractivity contribution in [3.63, 3.8) is 0 Å². The molecule has 2 aromatic heterocycles. The van der Waals surface area contributed by atoms with Crippen LogP contribution in [0.5, 0.6) is 0 Å². The van der Waals surface area contributed by atoms with Gasteiger partial charge in [-0.15, -0.1) is 0 Å². The monoisotopic (exact) mass is 356 g/mol. The highest BCUT2D eigenvalue weighted by molar-refractivity contribution is 8.11. The van der Waals surface area contributed by atoms with Crippen LogP contribution in [-0.4, -0.2) is 41.6 Å². The number of aromatic nitrogens is 3. The molecule has 0 radical (unpaired) electrons. The molecule has 3 heterocycles. The predicted octanol–water partition coefficient (Wildman–Crippen LogP) is 2.66. The molecule has 0 atom stereocenters. The highest BCUT2D eigenvalue weighted by Gasteiger charge is 2.22. The van der Waals surface area contributed by atoms with Crippen LogP contribution in [0.4, 0.5) is 5.95 Å². The zero-order chi connectivity index (χ0) is 17.8. The Morgan fingerprint density at radius 2 is 2.12 bits per heavy atom. The van der Waals surface area contributed by atoms with Crippen LogP contribution in [0.2, 0.25) is 0 Å². The maximum atomic E-state index is 11.9. The van der Waals surface area contributed by atoms with Crippen LogP contribution in [0.15, 0.2) is 33.7 Å². The first-order valence-electron chi connectivity index (χ1n) is 7.60. The normalized spacial score (nSPS) is 12.4. The van der Waals surface area contributed by atoms with Gasteiger partial charge in [0.25, 0.3) is 0 Å². The number of hydrogen-bond donors (Lipinski definition) is 0. The lowest BCUT2D eigenvalue weighted by Gasteiger charge is -2.08. The quantitative estimate of drug-likeness (QED) is 0.577. The maximum Gasteiger partial charge on any atom is 0.312 e. The van der Waals surface area contributed by atoms with Crippen molar-refractivity contribution in [1.82, 2.24) is 15.0 Å². The van der Waals surface area contributed by atoms with E-state index in [1.54, 1.807) is 29.6 Å². The van der Waals surface area contributed by atoms with Crippen LogP contribution in [0.3, 0.4) is 0 Å². The van der Waals surface area contributed by atoms with Crippen LogP contribution in [-0.2, 0) is 16.0 Å². The van der Waals surface area contributed by atoms with E-state index in [0.717, 1.165) is 4.91 Å². The summed E-state index contributed by atoms with van der Waals surface area (Å²) in [4.78, 5) is 27.3. The number of hydrogen-bond acceptors (Lipinski definition) is 8. The second kappa shape index (κ2) is 7.40. The minimum absolute atomic E-state index is 0.0229. The highest BCUT2D eigenvalue weighted by Crippen LogP contribution is 2.35. The van der Waals surface area contributed by atoms with Gasteiger partial charge in [0.1, 0.15) is 10.6 Å². The van der Waals surface area contributed by atoms with E-state index in [2.05, 4.69) is 26.4 Å². The van der Waals surface area contributed by atoms with Crippen LogP contribution in [0, 0.1) is 0 Å². The highest BCUT2D eigenvalue weighted by atomic mass is 32.2. The predicted molar refractivity (Wildman–Crippen MR) is 94.8 cm³/mol. The molecule has 0 saturated carbocycles. The molecule has 1 aliphatic rings. The van der Waals surface area contributed by atoms with E-state index in [4.69, 9.17) is 9.15 Å². The van der Waals surface area contributed by atoms with Crippen molar-refractivity contribution < 1.29 is 13.9 Å². The lowest BCUT2D eigenvalue weighted by molar-refractivity contribution is -0.142. The Bertz CT molecular complexity index is 889. The fourth-order valence-electron chi connectivity index (χ4n) is 2.11. The number of ether oxygens (including phenoxy) is 1. The summed E-state index contributed by atoms with van der Waals surface area (Å²) in [6.07, 6.45) is 3.29. The van der Waals surface area contributed by atoms with E-state index in [1.807, 2.05) is 14.1 Å². The minimum Gasteiger partial charge on any atom is -0.466 e. The molecule has 0 amide bonds. The molecule has 128 valence electrons. The summed E-state index contributed by atoms with van der Waals surface area (Å²) in [5, 5.41) is 1.76. The Kier molecular flexibility index (Phi) is 5.05. The van der Waals surface area contributed by atoms with E-state index < -0.39 is 0 Å².